The van der Waals surface area contributed by atoms with Gasteiger partial charge < -0.3 is 14.5 Å². The normalized spacial score (nSPS) is 32.1. The summed E-state index contributed by atoms with van der Waals surface area (Å²) in [7, 11) is 0. The fraction of sp³-hybridized carbons (Fsp3) is 0.909. The maximum atomic E-state index is 12.2. The third kappa shape index (κ3) is 2.25. The quantitative estimate of drug-likeness (QED) is 0.606. The molecule has 0 radical (unpaired) electrons. The molecule has 2 fully saturated rings. The molecule has 2 rings (SSSR count). The molecule has 2 unspecified atom stereocenters. The van der Waals surface area contributed by atoms with Gasteiger partial charge in [-0.15, -0.1) is 0 Å². The average Bonchev–Trinajstić information content (AvgIpc) is 2.74. The van der Waals surface area contributed by atoms with Crippen LogP contribution >= 0.6 is 0 Å². The van der Waals surface area contributed by atoms with E-state index in [1.807, 2.05) is 16.7 Å². The summed E-state index contributed by atoms with van der Waals surface area (Å²) in [6.07, 6.45) is 2.48. The number of amides is 2. The first kappa shape index (κ1) is 10.7. The lowest BCUT2D eigenvalue weighted by Gasteiger charge is -2.38. The Morgan fingerprint density at radius 3 is 2.60 bits per heavy atom. The third-order valence-corrected chi connectivity index (χ3v) is 3.23. The Morgan fingerprint density at radius 2 is 1.93 bits per heavy atom. The number of hydrogen-bond donors (Lipinski definition) is 0. The molecule has 0 bridgehead atoms. The van der Waals surface area contributed by atoms with Crippen LogP contribution in [0, 0.1) is 0 Å². The monoisotopic (exact) mass is 212 g/mol. The van der Waals surface area contributed by atoms with Crippen LogP contribution < -0.4 is 0 Å². The molecule has 2 aliphatic rings. The number of urea groups is 1. The maximum Gasteiger partial charge on any atom is 0.320 e. The summed E-state index contributed by atoms with van der Waals surface area (Å²) in [4.78, 5) is 16.1. The molecule has 0 aromatic heterocycles. The number of nitrogens with zero attached hydrogens (tertiary/aromatic N) is 2. The summed E-state index contributed by atoms with van der Waals surface area (Å²) in [6.45, 7) is 7.34. The van der Waals surface area contributed by atoms with Crippen LogP contribution in [-0.2, 0) is 4.74 Å². The van der Waals surface area contributed by atoms with Crippen molar-refractivity contribution in [3.63, 3.8) is 0 Å². The second-order valence-corrected chi connectivity index (χ2v) is 4.62. The fourth-order valence-electron chi connectivity index (χ4n) is 2.26. The molecule has 2 aliphatic heterocycles. The van der Waals surface area contributed by atoms with Crippen molar-refractivity contribution in [2.45, 2.75) is 38.8 Å². The molecule has 0 aliphatic carbocycles. The number of likely N-dealkylation sites (tertiary alicyclic amines) is 1. The molecular weight excluding hydrogens is 192 g/mol. The van der Waals surface area contributed by atoms with Crippen LogP contribution in [0.1, 0.15) is 26.7 Å². The Bertz CT molecular complexity index is 239. The van der Waals surface area contributed by atoms with E-state index in [2.05, 4.69) is 6.92 Å². The van der Waals surface area contributed by atoms with E-state index in [0.717, 1.165) is 32.5 Å². The van der Waals surface area contributed by atoms with E-state index in [1.165, 1.54) is 0 Å². The van der Waals surface area contributed by atoms with Crippen LogP contribution in [0.2, 0.25) is 0 Å². The molecular formula is C11H20N2O2. The van der Waals surface area contributed by atoms with Gasteiger partial charge in [0, 0.05) is 19.6 Å². The molecule has 0 N–H and O–H groups in total. The summed E-state index contributed by atoms with van der Waals surface area (Å²) >= 11 is 0. The Hall–Kier alpha value is -0.770. The Balaban J connectivity index is 1.97. The van der Waals surface area contributed by atoms with E-state index in [0.29, 0.717) is 6.61 Å². The molecule has 2 amide bonds. The molecule has 4 nitrogen and oxygen atoms in total. The predicted molar refractivity (Wildman–Crippen MR) is 57.8 cm³/mol. The fourth-order valence-corrected chi connectivity index (χ4v) is 2.26. The smallest absolute Gasteiger partial charge is 0.320 e. The minimum absolute atomic E-state index is 0.174. The largest absolute Gasteiger partial charge is 0.375 e. The van der Waals surface area contributed by atoms with E-state index in [-0.39, 0.29) is 18.2 Å². The van der Waals surface area contributed by atoms with Crippen LogP contribution in [-0.4, -0.2) is 54.2 Å². The van der Waals surface area contributed by atoms with Crippen molar-refractivity contribution in [3.8, 4) is 0 Å². The van der Waals surface area contributed by atoms with E-state index in [9.17, 15) is 4.79 Å². The zero-order valence-electron chi connectivity index (χ0n) is 9.61. The highest BCUT2D eigenvalue weighted by Crippen LogP contribution is 2.17. The number of carbonyl (C=O) groups excluding carboxylic acids is 1. The SMILES string of the molecule is CC1CN(C(=O)N2CCCC2)C(C)CO1. The van der Waals surface area contributed by atoms with Gasteiger partial charge in [0.2, 0.25) is 0 Å². The molecule has 86 valence electrons. The molecule has 2 saturated heterocycles. The van der Waals surface area contributed by atoms with Gasteiger partial charge in [-0.25, -0.2) is 4.79 Å². The summed E-state index contributed by atoms with van der Waals surface area (Å²) in [5.41, 5.74) is 0. The van der Waals surface area contributed by atoms with Gasteiger partial charge in [-0.05, 0) is 26.7 Å². The van der Waals surface area contributed by atoms with Gasteiger partial charge >= 0.3 is 6.03 Å². The maximum absolute atomic E-state index is 12.2. The first-order chi connectivity index (χ1) is 7.18. The van der Waals surface area contributed by atoms with Crippen LogP contribution in [0.3, 0.4) is 0 Å². The molecule has 0 aromatic carbocycles. The first-order valence-corrected chi connectivity index (χ1v) is 5.85. The zero-order valence-corrected chi connectivity index (χ0v) is 9.61. The highest BCUT2D eigenvalue weighted by molar-refractivity contribution is 5.75. The first-order valence-electron chi connectivity index (χ1n) is 5.85. The Labute approximate surface area is 91.2 Å². The van der Waals surface area contributed by atoms with Gasteiger partial charge in [0.05, 0.1) is 18.8 Å². The minimum atomic E-state index is 0.174. The molecule has 0 saturated carbocycles. The number of carbonyl (C=O) groups is 1. The van der Waals surface area contributed by atoms with E-state index in [1.54, 1.807) is 0 Å². The summed E-state index contributed by atoms with van der Waals surface area (Å²) in [5, 5.41) is 0. The van der Waals surface area contributed by atoms with Crippen LogP contribution in [0.5, 0.6) is 0 Å². The van der Waals surface area contributed by atoms with Crippen molar-refractivity contribution in [1.29, 1.82) is 0 Å². The van der Waals surface area contributed by atoms with Crippen molar-refractivity contribution < 1.29 is 9.53 Å². The zero-order chi connectivity index (χ0) is 10.8. The summed E-state index contributed by atoms with van der Waals surface area (Å²) in [5.74, 6) is 0. The van der Waals surface area contributed by atoms with Crippen molar-refractivity contribution >= 4 is 6.03 Å². The molecule has 4 heteroatoms. The molecule has 2 atom stereocenters. The Morgan fingerprint density at radius 1 is 1.27 bits per heavy atom. The number of morpholine rings is 1. The van der Waals surface area contributed by atoms with E-state index in [4.69, 9.17) is 4.74 Å². The van der Waals surface area contributed by atoms with Crippen LogP contribution in [0.15, 0.2) is 0 Å². The van der Waals surface area contributed by atoms with Gasteiger partial charge in [-0.3, -0.25) is 0 Å². The van der Waals surface area contributed by atoms with Crippen LogP contribution in [0.4, 0.5) is 4.79 Å². The van der Waals surface area contributed by atoms with E-state index < -0.39 is 0 Å². The minimum Gasteiger partial charge on any atom is -0.375 e. The predicted octanol–water partition coefficient (Wildman–Crippen LogP) is 1.31. The molecule has 15 heavy (non-hydrogen) atoms. The van der Waals surface area contributed by atoms with Gasteiger partial charge in [-0.2, -0.15) is 0 Å². The van der Waals surface area contributed by atoms with Crippen molar-refractivity contribution in [2.75, 3.05) is 26.2 Å². The highest BCUT2D eigenvalue weighted by Gasteiger charge is 2.31. The van der Waals surface area contributed by atoms with Crippen molar-refractivity contribution in [2.24, 2.45) is 0 Å². The average molecular weight is 212 g/mol. The summed E-state index contributed by atoms with van der Waals surface area (Å²) in [6, 6.07) is 0.421. The second kappa shape index (κ2) is 4.39. The van der Waals surface area contributed by atoms with Crippen molar-refractivity contribution in [1.82, 2.24) is 9.80 Å². The molecule has 0 spiro atoms. The van der Waals surface area contributed by atoms with Gasteiger partial charge in [0.15, 0.2) is 0 Å². The van der Waals surface area contributed by atoms with Gasteiger partial charge in [0.25, 0.3) is 0 Å². The number of rotatable bonds is 0. The number of ether oxygens (including phenoxy) is 1. The number of hydrogen-bond acceptors (Lipinski definition) is 2. The standard InChI is InChI=1S/C11H20N2O2/c1-9-8-15-10(2)7-13(9)11(14)12-5-3-4-6-12/h9-10H,3-8H2,1-2H3. The lowest BCUT2D eigenvalue weighted by molar-refractivity contribution is -0.0363. The Kier molecular flexibility index (Phi) is 3.14. The topological polar surface area (TPSA) is 32.8 Å². The molecule has 2 heterocycles. The highest BCUT2D eigenvalue weighted by atomic mass is 16.5. The molecule has 0 aromatic rings. The van der Waals surface area contributed by atoms with E-state index >= 15 is 0 Å². The third-order valence-electron chi connectivity index (χ3n) is 3.23. The van der Waals surface area contributed by atoms with Crippen molar-refractivity contribution in [3.05, 3.63) is 0 Å². The van der Waals surface area contributed by atoms with Gasteiger partial charge in [-0.1, -0.05) is 0 Å². The summed E-state index contributed by atoms with van der Waals surface area (Å²) < 4.78 is 5.52. The van der Waals surface area contributed by atoms with Crippen LogP contribution in [0.25, 0.3) is 0 Å². The van der Waals surface area contributed by atoms with Gasteiger partial charge in [0.1, 0.15) is 0 Å². The lowest BCUT2D eigenvalue weighted by Crippen LogP contribution is -2.54. The lowest BCUT2D eigenvalue weighted by atomic mass is 10.2. The second-order valence-electron chi connectivity index (χ2n) is 4.62.